The van der Waals surface area contributed by atoms with Gasteiger partial charge in [0.2, 0.25) is 0 Å². The molecule has 0 radical (unpaired) electrons. The van der Waals surface area contributed by atoms with Crippen molar-refractivity contribution in [3.05, 3.63) is 98.2 Å². The van der Waals surface area contributed by atoms with Crippen LogP contribution in [0.15, 0.2) is 65.5 Å². The van der Waals surface area contributed by atoms with E-state index in [0.717, 1.165) is 29.2 Å². The van der Waals surface area contributed by atoms with Gasteiger partial charge in [-0.2, -0.15) is 11.3 Å². The maximum Gasteiger partial charge on any atom is 0.256 e. The summed E-state index contributed by atoms with van der Waals surface area (Å²) in [5, 5.41) is 12.2. The van der Waals surface area contributed by atoms with Crippen molar-refractivity contribution < 1.29 is 4.79 Å². The number of carbonyl (C=O) groups is 1. The van der Waals surface area contributed by atoms with E-state index in [2.05, 4.69) is 45.4 Å². The first-order chi connectivity index (χ1) is 15.7. The van der Waals surface area contributed by atoms with Gasteiger partial charge >= 0.3 is 0 Å². The van der Waals surface area contributed by atoms with Crippen LogP contribution < -0.4 is 10.6 Å². The zero-order valence-electron chi connectivity index (χ0n) is 17.9. The third-order valence-electron chi connectivity index (χ3n) is 5.85. The summed E-state index contributed by atoms with van der Waals surface area (Å²) < 4.78 is 0. The van der Waals surface area contributed by atoms with E-state index in [1.165, 1.54) is 34.4 Å². The first kappa shape index (κ1) is 20.9. The van der Waals surface area contributed by atoms with Gasteiger partial charge in [0.1, 0.15) is 10.8 Å². The molecule has 1 amide bonds. The van der Waals surface area contributed by atoms with Crippen LogP contribution in [0, 0.1) is 6.92 Å². The number of nitrogens with one attached hydrogen (secondary N) is 2. The number of amides is 1. The average Bonchev–Trinajstić information content (AvgIpc) is 3.46. The Morgan fingerprint density at radius 3 is 2.72 bits per heavy atom. The number of rotatable bonds is 6. The van der Waals surface area contributed by atoms with Crippen molar-refractivity contribution in [3.8, 4) is 0 Å². The van der Waals surface area contributed by atoms with Crippen LogP contribution in [0.4, 0.5) is 10.8 Å². The standard InChI is InChI=1S/C26H25N3OS2/c1-17-11-13-27-22(15-17)28-24(19-12-14-31-16-19)23-20-9-5-6-10-21(20)32-26(23)29-25(30)18-7-3-2-4-8-18/h2-4,7-8,11-16,24H,5-6,9-10H2,1H3,(H,27,28)(H,29,30)/t24-/m1/s1. The Kier molecular flexibility index (Phi) is 6.06. The Balaban J connectivity index is 1.58. The maximum atomic E-state index is 13.1. The molecule has 4 aromatic rings. The Labute approximate surface area is 196 Å². The van der Waals surface area contributed by atoms with Crippen LogP contribution in [0.5, 0.6) is 0 Å². The van der Waals surface area contributed by atoms with Gasteiger partial charge in [-0.1, -0.05) is 18.2 Å². The topological polar surface area (TPSA) is 54.0 Å². The lowest BCUT2D eigenvalue weighted by Crippen LogP contribution is -2.18. The molecular formula is C26H25N3OS2. The number of aromatic nitrogens is 1. The Morgan fingerprint density at radius 1 is 1.09 bits per heavy atom. The highest BCUT2D eigenvalue weighted by Crippen LogP contribution is 2.44. The molecule has 0 saturated carbocycles. The number of hydrogen-bond acceptors (Lipinski definition) is 5. The number of fused-ring (bicyclic) bond motifs is 1. The van der Waals surface area contributed by atoms with Crippen molar-refractivity contribution in [2.24, 2.45) is 0 Å². The zero-order chi connectivity index (χ0) is 21.9. The fourth-order valence-electron chi connectivity index (χ4n) is 4.28. The number of nitrogens with zero attached hydrogens (tertiary/aromatic N) is 1. The number of carbonyl (C=O) groups excluding carboxylic acids is 1. The van der Waals surface area contributed by atoms with Crippen LogP contribution in [0.25, 0.3) is 0 Å². The summed E-state index contributed by atoms with van der Waals surface area (Å²) in [7, 11) is 0. The molecule has 0 saturated heterocycles. The van der Waals surface area contributed by atoms with Gasteiger partial charge in [-0.3, -0.25) is 4.79 Å². The van der Waals surface area contributed by atoms with Crippen LogP contribution in [0.3, 0.4) is 0 Å². The molecular weight excluding hydrogens is 434 g/mol. The van der Waals surface area contributed by atoms with Crippen molar-refractivity contribution >= 4 is 39.4 Å². The van der Waals surface area contributed by atoms with Gasteiger partial charge in [0.05, 0.1) is 6.04 Å². The smallest absolute Gasteiger partial charge is 0.256 e. The molecule has 1 aliphatic rings. The van der Waals surface area contributed by atoms with Gasteiger partial charge < -0.3 is 10.6 Å². The van der Waals surface area contributed by atoms with Crippen molar-refractivity contribution in [2.45, 2.75) is 38.6 Å². The Morgan fingerprint density at radius 2 is 1.94 bits per heavy atom. The fourth-order valence-corrected chi connectivity index (χ4v) is 6.29. The molecule has 3 aromatic heterocycles. The largest absolute Gasteiger partial charge is 0.359 e. The van der Waals surface area contributed by atoms with Gasteiger partial charge in [-0.05, 0) is 90.4 Å². The van der Waals surface area contributed by atoms with Crippen LogP contribution in [0.1, 0.15) is 56.4 Å². The van der Waals surface area contributed by atoms with E-state index in [1.807, 2.05) is 42.6 Å². The van der Waals surface area contributed by atoms with Crippen molar-refractivity contribution in [1.82, 2.24) is 4.98 Å². The third-order valence-corrected chi connectivity index (χ3v) is 7.77. The molecule has 5 rings (SSSR count). The lowest BCUT2D eigenvalue weighted by atomic mass is 9.90. The highest BCUT2D eigenvalue weighted by molar-refractivity contribution is 7.16. The summed E-state index contributed by atoms with van der Waals surface area (Å²) in [6, 6.07) is 15.6. The molecule has 32 heavy (non-hydrogen) atoms. The molecule has 1 atom stereocenters. The second-order valence-corrected chi connectivity index (χ2v) is 10.0. The predicted molar refractivity (Wildman–Crippen MR) is 134 cm³/mol. The Bertz CT molecular complexity index is 1220. The number of hydrogen-bond donors (Lipinski definition) is 2. The zero-order valence-corrected chi connectivity index (χ0v) is 19.6. The molecule has 2 N–H and O–H groups in total. The van der Waals surface area contributed by atoms with Gasteiger partial charge in [0, 0.05) is 22.2 Å². The lowest BCUT2D eigenvalue weighted by Gasteiger charge is -2.23. The molecule has 1 aliphatic carbocycles. The van der Waals surface area contributed by atoms with E-state index < -0.39 is 0 Å². The Hall–Kier alpha value is -2.96. The van der Waals surface area contributed by atoms with E-state index in [1.54, 1.807) is 22.7 Å². The first-order valence-corrected chi connectivity index (χ1v) is 12.7. The van der Waals surface area contributed by atoms with Gasteiger partial charge in [-0.25, -0.2) is 4.98 Å². The fraction of sp³-hybridized carbons (Fsp3) is 0.231. The highest BCUT2D eigenvalue weighted by atomic mass is 32.1. The van der Waals surface area contributed by atoms with Gasteiger partial charge in [-0.15, -0.1) is 11.3 Å². The van der Waals surface area contributed by atoms with E-state index in [9.17, 15) is 4.79 Å². The summed E-state index contributed by atoms with van der Waals surface area (Å²) in [5.41, 5.74) is 5.61. The van der Waals surface area contributed by atoms with E-state index in [4.69, 9.17) is 0 Å². The normalized spacial score (nSPS) is 13.9. The minimum Gasteiger partial charge on any atom is -0.359 e. The predicted octanol–water partition coefficient (Wildman–Crippen LogP) is 6.85. The highest BCUT2D eigenvalue weighted by Gasteiger charge is 2.29. The number of thiophene rings is 2. The summed E-state index contributed by atoms with van der Waals surface area (Å²) in [4.78, 5) is 19.0. The van der Waals surface area contributed by atoms with Crippen molar-refractivity contribution in [2.75, 3.05) is 10.6 Å². The first-order valence-electron chi connectivity index (χ1n) is 10.9. The van der Waals surface area contributed by atoms with Crippen molar-refractivity contribution in [1.29, 1.82) is 0 Å². The second kappa shape index (κ2) is 9.27. The molecule has 3 heterocycles. The molecule has 1 aromatic carbocycles. The summed E-state index contributed by atoms with van der Waals surface area (Å²) in [6.45, 7) is 2.07. The number of pyridine rings is 1. The maximum absolute atomic E-state index is 13.1. The quantitative estimate of drug-likeness (QED) is 0.332. The third kappa shape index (κ3) is 4.33. The lowest BCUT2D eigenvalue weighted by molar-refractivity contribution is 0.102. The average molecular weight is 460 g/mol. The SMILES string of the molecule is Cc1ccnc(N[C@H](c2ccsc2)c2c(NC(=O)c3ccccc3)sc3c2CCCC3)c1. The molecule has 0 aliphatic heterocycles. The summed E-state index contributed by atoms with van der Waals surface area (Å²) in [6.07, 6.45) is 6.35. The molecule has 0 spiro atoms. The van der Waals surface area contributed by atoms with E-state index >= 15 is 0 Å². The summed E-state index contributed by atoms with van der Waals surface area (Å²) in [5.74, 6) is 0.778. The second-order valence-electron chi connectivity index (χ2n) is 8.13. The minimum atomic E-state index is -0.0697. The minimum absolute atomic E-state index is 0.0665. The van der Waals surface area contributed by atoms with Gasteiger partial charge in [0.25, 0.3) is 5.91 Å². The molecule has 0 bridgehead atoms. The monoisotopic (exact) mass is 459 g/mol. The number of anilines is 2. The summed E-state index contributed by atoms with van der Waals surface area (Å²) >= 11 is 3.42. The van der Waals surface area contributed by atoms with Crippen LogP contribution in [-0.2, 0) is 12.8 Å². The van der Waals surface area contributed by atoms with Crippen LogP contribution >= 0.6 is 22.7 Å². The van der Waals surface area contributed by atoms with Crippen LogP contribution in [0.2, 0.25) is 0 Å². The molecule has 6 heteroatoms. The molecule has 162 valence electrons. The van der Waals surface area contributed by atoms with Gasteiger partial charge in [0.15, 0.2) is 0 Å². The molecule has 0 fully saturated rings. The van der Waals surface area contributed by atoms with Crippen molar-refractivity contribution in [3.63, 3.8) is 0 Å². The molecule has 0 unspecified atom stereocenters. The van der Waals surface area contributed by atoms with E-state index in [0.29, 0.717) is 5.56 Å². The van der Waals surface area contributed by atoms with Crippen LogP contribution in [-0.4, -0.2) is 10.9 Å². The van der Waals surface area contributed by atoms with E-state index in [-0.39, 0.29) is 11.9 Å². The number of benzene rings is 1. The number of aryl methyl sites for hydroxylation is 2. The molecule has 4 nitrogen and oxygen atoms in total.